The van der Waals surface area contributed by atoms with Crippen LogP contribution in [0, 0.1) is 0 Å². The topological polar surface area (TPSA) is 8.17 Å². The van der Waals surface area contributed by atoms with E-state index in [0.29, 0.717) is 0 Å². The van der Waals surface area contributed by atoms with Crippen molar-refractivity contribution in [2.45, 2.75) is 0 Å². The Hall–Kier alpha value is -5.94. The van der Waals surface area contributed by atoms with Crippen molar-refractivity contribution in [3.63, 3.8) is 0 Å². The van der Waals surface area contributed by atoms with Crippen LogP contribution in [0.4, 0.5) is 17.1 Å². The highest BCUT2D eigenvalue weighted by molar-refractivity contribution is 7.26. The van der Waals surface area contributed by atoms with E-state index in [0.717, 1.165) is 22.7 Å². The molecule has 0 atom stereocenters. The highest BCUT2D eigenvalue weighted by Crippen LogP contribution is 2.47. The number of hydrogen-bond acceptors (Lipinski definition) is 3. The maximum atomic E-state index is 2.48. The quantitative estimate of drug-likeness (QED) is 0.181. The van der Waals surface area contributed by atoms with Crippen LogP contribution in [-0.2, 0) is 0 Å². The second kappa shape index (κ2) is 10.8. The lowest BCUT2D eigenvalue weighted by atomic mass is 10.1. The molecular weight excluding hydrogens is 645 g/mol. The molecule has 3 heterocycles. The summed E-state index contributed by atoms with van der Waals surface area (Å²) in [7, 11) is 0. The van der Waals surface area contributed by atoms with Gasteiger partial charge in [-0.3, -0.25) is 0 Å². The maximum Gasteiger partial charge on any atom is 0.0782 e. The molecular formula is C46H28N2S2. The van der Waals surface area contributed by atoms with E-state index >= 15 is 0 Å². The van der Waals surface area contributed by atoms with Gasteiger partial charge in [0.1, 0.15) is 0 Å². The number of para-hydroxylation sites is 3. The Morgan fingerprint density at radius 1 is 0.400 bits per heavy atom. The predicted octanol–water partition coefficient (Wildman–Crippen LogP) is 14.1. The van der Waals surface area contributed by atoms with E-state index in [4.69, 9.17) is 0 Å². The van der Waals surface area contributed by atoms with Crippen LogP contribution in [0.5, 0.6) is 0 Å². The summed E-state index contributed by atoms with van der Waals surface area (Å²) < 4.78 is 7.70. The van der Waals surface area contributed by atoms with Gasteiger partial charge in [0.15, 0.2) is 0 Å². The van der Waals surface area contributed by atoms with Crippen molar-refractivity contribution in [2.75, 3.05) is 4.90 Å². The van der Waals surface area contributed by atoms with Gasteiger partial charge < -0.3 is 9.47 Å². The molecule has 3 aromatic heterocycles. The predicted molar refractivity (Wildman–Crippen MR) is 219 cm³/mol. The first-order valence-electron chi connectivity index (χ1n) is 16.9. The number of nitrogens with zero attached hydrogens (tertiary/aromatic N) is 2. The summed E-state index contributed by atoms with van der Waals surface area (Å²) in [6.07, 6.45) is 0. The van der Waals surface area contributed by atoms with Crippen LogP contribution >= 0.6 is 22.7 Å². The smallest absolute Gasteiger partial charge is 0.0782 e. The minimum atomic E-state index is 1.14. The zero-order valence-electron chi connectivity index (χ0n) is 26.9. The lowest BCUT2D eigenvalue weighted by Crippen LogP contribution is -2.11. The Morgan fingerprint density at radius 2 is 1.08 bits per heavy atom. The summed E-state index contributed by atoms with van der Waals surface area (Å²) in [5.74, 6) is 0. The Balaban J connectivity index is 1.24. The second-order valence-corrected chi connectivity index (χ2v) is 15.1. The molecule has 8 aromatic carbocycles. The molecule has 11 rings (SSSR count). The first-order chi connectivity index (χ1) is 24.8. The molecule has 0 saturated heterocycles. The highest BCUT2D eigenvalue weighted by Gasteiger charge is 2.23. The van der Waals surface area contributed by atoms with E-state index in [1.807, 2.05) is 22.7 Å². The zero-order valence-corrected chi connectivity index (χ0v) is 28.5. The molecule has 0 unspecified atom stereocenters. The highest BCUT2D eigenvalue weighted by atomic mass is 32.1. The van der Waals surface area contributed by atoms with Crippen LogP contribution in [0.25, 0.3) is 78.6 Å². The summed E-state index contributed by atoms with van der Waals surface area (Å²) in [4.78, 5) is 2.48. The fourth-order valence-electron chi connectivity index (χ4n) is 7.94. The Bertz CT molecular complexity index is 3110. The van der Waals surface area contributed by atoms with Crippen LogP contribution in [0.3, 0.4) is 0 Å². The lowest BCUT2D eigenvalue weighted by molar-refractivity contribution is 1.17. The van der Waals surface area contributed by atoms with Gasteiger partial charge in [0.2, 0.25) is 0 Å². The molecule has 0 aliphatic heterocycles. The molecule has 0 bridgehead atoms. The molecule has 0 saturated carbocycles. The van der Waals surface area contributed by atoms with Crippen molar-refractivity contribution >= 4 is 113 Å². The van der Waals surface area contributed by atoms with Gasteiger partial charge in [-0.2, -0.15) is 0 Å². The van der Waals surface area contributed by atoms with Crippen molar-refractivity contribution < 1.29 is 0 Å². The Labute approximate surface area is 296 Å². The van der Waals surface area contributed by atoms with E-state index in [2.05, 4.69) is 179 Å². The van der Waals surface area contributed by atoms with Gasteiger partial charge in [0.25, 0.3) is 0 Å². The minimum absolute atomic E-state index is 1.14. The Kier molecular flexibility index (Phi) is 6.03. The van der Waals surface area contributed by atoms with E-state index < -0.39 is 0 Å². The van der Waals surface area contributed by atoms with Crippen molar-refractivity contribution in [1.29, 1.82) is 0 Å². The van der Waals surface area contributed by atoms with Crippen LogP contribution in [0.15, 0.2) is 170 Å². The minimum Gasteiger partial charge on any atom is -0.308 e. The van der Waals surface area contributed by atoms with Gasteiger partial charge in [0.05, 0.1) is 16.7 Å². The Morgan fingerprint density at radius 3 is 2.00 bits per heavy atom. The summed E-state index contributed by atoms with van der Waals surface area (Å²) >= 11 is 3.76. The fraction of sp³-hybridized carbons (Fsp3) is 0. The molecule has 0 amide bonds. The average Bonchev–Trinajstić information content (AvgIpc) is 3.85. The molecule has 0 radical (unpaired) electrons. The number of benzene rings is 8. The first-order valence-corrected chi connectivity index (χ1v) is 18.6. The van der Waals surface area contributed by atoms with Gasteiger partial charge in [-0.25, -0.2) is 0 Å². The van der Waals surface area contributed by atoms with Crippen LogP contribution in [0.2, 0.25) is 0 Å². The summed E-state index contributed by atoms with van der Waals surface area (Å²) in [6, 6.07) is 62.5. The maximum absolute atomic E-state index is 2.48. The summed E-state index contributed by atoms with van der Waals surface area (Å²) in [5, 5.41) is 10.3. The van der Waals surface area contributed by atoms with Gasteiger partial charge >= 0.3 is 0 Å². The second-order valence-electron chi connectivity index (χ2n) is 12.9. The van der Waals surface area contributed by atoms with Crippen LogP contribution in [0.1, 0.15) is 0 Å². The van der Waals surface area contributed by atoms with Crippen molar-refractivity contribution in [1.82, 2.24) is 4.57 Å². The third kappa shape index (κ3) is 4.07. The van der Waals surface area contributed by atoms with Crippen molar-refractivity contribution in [3.8, 4) is 5.69 Å². The number of fused-ring (bicyclic) bond motifs is 11. The van der Waals surface area contributed by atoms with Crippen molar-refractivity contribution in [3.05, 3.63) is 170 Å². The van der Waals surface area contributed by atoms with E-state index in [1.165, 1.54) is 72.9 Å². The molecule has 0 N–H and O–H groups in total. The standard InChI is InChI=1S/C46H28N2S2/c1-2-12-30(13-3-1)48-40-18-8-6-15-34(40)37-17-10-19-41(45(37)48)47(31-23-26-43-39(27-31)35-16-7-9-20-42(35)49-43)32-22-25-36-38-24-21-29-11-4-5-14-33(29)46(38)50-44(36)28-32/h1-28H. The van der Waals surface area contributed by atoms with E-state index in [9.17, 15) is 0 Å². The third-order valence-corrected chi connectivity index (χ3v) is 12.5. The van der Waals surface area contributed by atoms with Gasteiger partial charge in [-0.15, -0.1) is 22.7 Å². The van der Waals surface area contributed by atoms with Crippen LogP contribution < -0.4 is 4.90 Å². The number of thiophene rings is 2. The molecule has 234 valence electrons. The zero-order chi connectivity index (χ0) is 32.8. The first kappa shape index (κ1) is 28.0. The van der Waals surface area contributed by atoms with Gasteiger partial charge in [0, 0.05) is 68.2 Å². The van der Waals surface area contributed by atoms with Gasteiger partial charge in [-0.1, -0.05) is 109 Å². The van der Waals surface area contributed by atoms with E-state index in [-0.39, 0.29) is 0 Å². The SMILES string of the molecule is c1ccc(-n2c3ccccc3c3cccc(N(c4ccc5c(c4)sc4c6ccccc6ccc54)c4ccc5sc6ccccc6c5c4)c32)cc1. The van der Waals surface area contributed by atoms with Gasteiger partial charge in [-0.05, 0) is 71.4 Å². The van der Waals surface area contributed by atoms with Crippen molar-refractivity contribution in [2.24, 2.45) is 0 Å². The molecule has 11 aromatic rings. The molecule has 0 spiro atoms. The molecule has 50 heavy (non-hydrogen) atoms. The molecule has 2 nitrogen and oxygen atoms in total. The number of anilines is 3. The number of rotatable bonds is 4. The molecule has 0 fully saturated rings. The fourth-order valence-corrected chi connectivity index (χ4v) is 10.3. The average molecular weight is 673 g/mol. The lowest BCUT2D eigenvalue weighted by Gasteiger charge is -2.27. The molecule has 0 aliphatic rings. The third-order valence-electron chi connectivity index (χ3n) is 10.2. The largest absolute Gasteiger partial charge is 0.308 e. The number of hydrogen-bond donors (Lipinski definition) is 0. The summed E-state index contributed by atoms with van der Waals surface area (Å²) in [6.45, 7) is 0. The summed E-state index contributed by atoms with van der Waals surface area (Å²) in [5.41, 5.74) is 6.98. The monoisotopic (exact) mass is 672 g/mol. The number of aromatic nitrogens is 1. The normalized spacial score (nSPS) is 12.0. The molecule has 4 heteroatoms. The molecule has 0 aliphatic carbocycles. The van der Waals surface area contributed by atoms with E-state index in [1.54, 1.807) is 0 Å². The van der Waals surface area contributed by atoms with Crippen LogP contribution in [-0.4, -0.2) is 4.57 Å².